The Balaban J connectivity index is 2.25. The highest BCUT2D eigenvalue weighted by Gasteiger charge is 2.18. The van der Waals surface area contributed by atoms with Crippen molar-refractivity contribution in [1.82, 2.24) is 0 Å². The molecule has 0 spiro atoms. The first-order valence-corrected chi connectivity index (χ1v) is 6.37. The van der Waals surface area contributed by atoms with Gasteiger partial charge in [-0.05, 0) is 18.2 Å². The number of anilines is 1. The molecule has 2 rings (SSSR count). The quantitative estimate of drug-likeness (QED) is 0.521. The Morgan fingerprint density at radius 3 is 2.68 bits per heavy atom. The molecular formula is C15H13FN2O4. The number of hydrogen-bond acceptors (Lipinski definition) is 5. The third kappa shape index (κ3) is 3.38. The summed E-state index contributed by atoms with van der Waals surface area (Å²) in [7, 11) is 1.19. The maximum Gasteiger partial charge on any atom is 0.338 e. The van der Waals surface area contributed by atoms with E-state index >= 15 is 0 Å². The van der Waals surface area contributed by atoms with E-state index in [1.54, 1.807) is 18.2 Å². The van der Waals surface area contributed by atoms with E-state index in [-0.39, 0.29) is 23.5 Å². The Kier molecular flexibility index (Phi) is 4.67. The average Bonchev–Trinajstić information content (AvgIpc) is 2.53. The molecule has 2 aromatic carbocycles. The molecule has 0 aliphatic carbocycles. The number of esters is 1. The number of ether oxygens (including phenoxy) is 1. The molecular weight excluding hydrogens is 291 g/mol. The number of nitrogens with zero attached hydrogens (tertiary/aromatic N) is 1. The van der Waals surface area contributed by atoms with Crippen LogP contribution in [-0.4, -0.2) is 18.0 Å². The van der Waals surface area contributed by atoms with Crippen LogP contribution in [-0.2, 0) is 11.3 Å². The van der Waals surface area contributed by atoms with Crippen LogP contribution < -0.4 is 5.32 Å². The Morgan fingerprint density at radius 1 is 1.32 bits per heavy atom. The van der Waals surface area contributed by atoms with Crippen molar-refractivity contribution in [2.75, 3.05) is 12.4 Å². The van der Waals surface area contributed by atoms with Gasteiger partial charge in [0.15, 0.2) is 0 Å². The first-order valence-electron chi connectivity index (χ1n) is 6.37. The number of nitro benzene ring substituents is 1. The Bertz CT molecular complexity index is 718. The second-order valence-corrected chi connectivity index (χ2v) is 4.43. The van der Waals surface area contributed by atoms with Crippen LogP contribution in [0, 0.1) is 15.9 Å². The fourth-order valence-corrected chi connectivity index (χ4v) is 1.91. The Morgan fingerprint density at radius 2 is 2.05 bits per heavy atom. The van der Waals surface area contributed by atoms with E-state index in [1.807, 2.05) is 0 Å². The van der Waals surface area contributed by atoms with Crippen LogP contribution in [0.1, 0.15) is 15.9 Å². The van der Waals surface area contributed by atoms with Crippen molar-refractivity contribution in [2.45, 2.75) is 6.54 Å². The normalized spacial score (nSPS) is 10.1. The average molecular weight is 304 g/mol. The van der Waals surface area contributed by atoms with Crippen LogP contribution in [0.3, 0.4) is 0 Å². The highest BCUT2D eigenvalue weighted by Crippen LogP contribution is 2.26. The Hall–Kier alpha value is -2.96. The van der Waals surface area contributed by atoms with Gasteiger partial charge in [0.05, 0.1) is 17.6 Å². The molecule has 0 aliphatic heterocycles. The smallest absolute Gasteiger partial charge is 0.338 e. The zero-order chi connectivity index (χ0) is 16.1. The van der Waals surface area contributed by atoms with Gasteiger partial charge in [0.25, 0.3) is 5.69 Å². The van der Waals surface area contributed by atoms with Crippen LogP contribution in [0.2, 0.25) is 0 Å². The maximum atomic E-state index is 13.5. The third-order valence-corrected chi connectivity index (χ3v) is 3.04. The second-order valence-electron chi connectivity index (χ2n) is 4.43. The van der Waals surface area contributed by atoms with Crippen LogP contribution in [0.5, 0.6) is 0 Å². The minimum atomic E-state index is -0.663. The van der Waals surface area contributed by atoms with Crippen LogP contribution in [0.15, 0.2) is 42.5 Å². The highest BCUT2D eigenvalue weighted by atomic mass is 19.1. The molecule has 6 nitrogen and oxygen atoms in total. The number of benzene rings is 2. The zero-order valence-corrected chi connectivity index (χ0v) is 11.7. The zero-order valence-electron chi connectivity index (χ0n) is 11.7. The standard InChI is InChI=1S/C15H13FN2O4/c1-22-15(19)10-6-7-13(14(8-10)18(20)21)17-9-11-4-2-3-5-12(11)16/h2-8,17H,9H2,1H3. The van der Waals surface area contributed by atoms with Crippen LogP contribution in [0.4, 0.5) is 15.8 Å². The number of carbonyl (C=O) groups is 1. The molecule has 0 radical (unpaired) electrons. The molecule has 0 saturated heterocycles. The van der Waals surface area contributed by atoms with Crippen molar-refractivity contribution < 1.29 is 18.8 Å². The fourth-order valence-electron chi connectivity index (χ4n) is 1.91. The summed E-state index contributed by atoms with van der Waals surface area (Å²) in [4.78, 5) is 21.9. The fraction of sp³-hybridized carbons (Fsp3) is 0.133. The lowest BCUT2D eigenvalue weighted by Crippen LogP contribution is -2.07. The van der Waals surface area contributed by atoms with Gasteiger partial charge in [0.1, 0.15) is 11.5 Å². The van der Waals surface area contributed by atoms with Crippen molar-refractivity contribution in [3.05, 3.63) is 69.5 Å². The molecule has 1 N–H and O–H groups in total. The lowest BCUT2D eigenvalue weighted by molar-refractivity contribution is -0.384. The second kappa shape index (κ2) is 6.66. The molecule has 7 heteroatoms. The SMILES string of the molecule is COC(=O)c1ccc(NCc2ccccc2F)c([N+](=O)[O-])c1. The molecule has 0 aromatic heterocycles. The molecule has 0 aliphatic rings. The maximum absolute atomic E-state index is 13.5. The van der Waals surface area contributed by atoms with Gasteiger partial charge in [0.2, 0.25) is 0 Å². The van der Waals surface area contributed by atoms with E-state index < -0.39 is 16.7 Å². The minimum Gasteiger partial charge on any atom is -0.465 e. The highest BCUT2D eigenvalue weighted by molar-refractivity contribution is 5.91. The van der Waals surface area contributed by atoms with Gasteiger partial charge in [-0.25, -0.2) is 9.18 Å². The lowest BCUT2D eigenvalue weighted by atomic mass is 10.1. The minimum absolute atomic E-state index is 0.0747. The van der Waals surface area contributed by atoms with Gasteiger partial charge in [-0.3, -0.25) is 10.1 Å². The Labute approximate surface area is 125 Å². The lowest BCUT2D eigenvalue weighted by Gasteiger charge is -2.09. The van der Waals surface area contributed by atoms with Gasteiger partial charge in [-0.2, -0.15) is 0 Å². The van der Waals surface area contributed by atoms with Gasteiger partial charge < -0.3 is 10.1 Å². The van der Waals surface area contributed by atoms with E-state index in [0.717, 1.165) is 6.07 Å². The number of nitro groups is 1. The van der Waals surface area contributed by atoms with Crippen LogP contribution in [0.25, 0.3) is 0 Å². The summed E-state index contributed by atoms with van der Waals surface area (Å²) in [6.45, 7) is 0.0884. The van der Waals surface area contributed by atoms with E-state index in [2.05, 4.69) is 10.1 Å². The van der Waals surface area contributed by atoms with E-state index in [0.29, 0.717) is 5.56 Å². The van der Waals surface area contributed by atoms with E-state index in [4.69, 9.17) is 0 Å². The van der Waals surface area contributed by atoms with Gasteiger partial charge >= 0.3 is 5.97 Å². The van der Waals surface area contributed by atoms with E-state index in [9.17, 15) is 19.3 Å². The molecule has 2 aromatic rings. The largest absolute Gasteiger partial charge is 0.465 e. The first kappa shape index (κ1) is 15.4. The molecule has 0 atom stereocenters. The number of hydrogen-bond donors (Lipinski definition) is 1. The molecule has 114 valence electrons. The van der Waals surface area contributed by atoms with E-state index in [1.165, 1.54) is 25.3 Å². The number of carbonyl (C=O) groups excluding carboxylic acids is 1. The van der Waals surface area contributed by atoms with Crippen molar-refractivity contribution in [3.63, 3.8) is 0 Å². The van der Waals surface area contributed by atoms with Crippen molar-refractivity contribution in [1.29, 1.82) is 0 Å². The summed E-state index contributed by atoms with van der Waals surface area (Å²) in [5.41, 5.74) is 0.375. The number of rotatable bonds is 5. The summed E-state index contributed by atoms with van der Waals surface area (Å²) in [6, 6.07) is 10.0. The molecule has 0 saturated carbocycles. The van der Waals surface area contributed by atoms with Crippen molar-refractivity contribution in [3.8, 4) is 0 Å². The summed E-state index contributed by atoms with van der Waals surface area (Å²) in [5.74, 6) is -1.06. The molecule has 22 heavy (non-hydrogen) atoms. The summed E-state index contributed by atoms with van der Waals surface area (Å²) in [5, 5.41) is 13.9. The first-order chi connectivity index (χ1) is 10.5. The predicted molar refractivity (Wildman–Crippen MR) is 78.2 cm³/mol. The number of nitrogens with one attached hydrogen (secondary N) is 1. The predicted octanol–water partition coefficient (Wildman–Crippen LogP) is 3.13. The third-order valence-electron chi connectivity index (χ3n) is 3.04. The summed E-state index contributed by atoms with van der Waals surface area (Å²) >= 11 is 0. The van der Waals surface area contributed by atoms with Gasteiger partial charge in [0, 0.05) is 18.2 Å². The van der Waals surface area contributed by atoms with Gasteiger partial charge in [-0.1, -0.05) is 18.2 Å². The molecule has 0 fully saturated rings. The monoisotopic (exact) mass is 304 g/mol. The molecule has 0 amide bonds. The van der Waals surface area contributed by atoms with Gasteiger partial charge in [-0.15, -0.1) is 0 Å². The molecule has 0 bridgehead atoms. The van der Waals surface area contributed by atoms with Crippen molar-refractivity contribution >= 4 is 17.3 Å². The molecule has 0 unspecified atom stereocenters. The topological polar surface area (TPSA) is 81.5 Å². The molecule has 0 heterocycles. The van der Waals surface area contributed by atoms with Crippen LogP contribution >= 0.6 is 0 Å². The summed E-state index contributed by atoms with van der Waals surface area (Å²) < 4.78 is 18.1. The summed E-state index contributed by atoms with van der Waals surface area (Å²) in [6.07, 6.45) is 0. The number of halogens is 1. The number of methoxy groups -OCH3 is 1. The van der Waals surface area contributed by atoms with Crippen molar-refractivity contribution in [2.24, 2.45) is 0 Å².